The molecule has 8 rings (SSSR count). The summed E-state index contributed by atoms with van der Waals surface area (Å²) >= 11 is 7.72. The fourth-order valence-corrected chi connectivity index (χ4v) is 12.7. The maximum absolute atomic E-state index is 13.9. The van der Waals surface area contributed by atoms with E-state index in [0.29, 0.717) is 22.8 Å². The van der Waals surface area contributed by atoms with Crippen LogP contribution in [-0.4, -0.2) is 108 Å². The van der Waals surface area contributed by atoms with Crippen molar-refractivity contribution in [1.82, 2.24) is 19.8 Å². The fraction of sp³-hybridized carbons (Fsp3) is 0.429. The average Bonchev–Trinajstić information content (AvgIpc) is 3.31. The molecule has 2 saturated heterocycles. The summed E-state index contributed by atoms with van der Waals surface area (Å²) in [5, 5.41) is 17.3. The van der Waals surface area contributed by atoms with Gasteiger partial charge in [-0.15, -0.1) is 0 Å². The number of hydrogen-bond donors (Lipinski definition) is 2. The molecule has 0 spiro atoms. The second-order valence-electron chi connectivity index (χ2n) is 18.2. The van der Waals surface area contributed by atoms with Gasteiger partial charge in [0.15, 0.2) is 5.82 Å². The standard InChI is InChI=1S/C49H59ClIN8O5S2/c1-49(2)21-17-43(35-9-11-37(50)12-10-35)36(31-49)32-57-25-27-58(28-26-57)39-13-15-44-46(29-39)52-34-53-48(44)55-66(62,63)42-14-16-45(47(30-42)59(60)61)54-38(33-65-41-7-5-4-6-8-41)18-22-56-23-19-40(20-24-56)64-51-3/h4-16,29-30,34,38,40,54H,17-28,31-33H2,1-3H3,(H,52,53,55)/q-1/t38-/m1/s1. The van der Waals surface area contributed by atoms with Gasteiger partial charge in [-0.25, -0.2) is 18.4 Å². The number of nitro groups is 1. The molecule has 0 unspecified atom stereocenters. The summed E-state index contributed by atoms with van der Waals surface area (Å²) in [7, 11) is -4.28. The fourth-order valence-electron chi connectivity index (χ4n) is 9.28. The van der Waals surface area contributed by atoms with Gasteiger partial charge in [-0.05, 0) is 66.1 Å². The Morgan fingerprint density at radius 3 is 2.44 bits per heavy atom. The van der Waals surface area contributed by atoms with Gasteiger partial charge in [-0.2, -0.15) is 0 Å². The van der Waals surface area contributed by atoms with E-state index in [1.165, 1.54) is 35.2 Å². The Labute approximate surface area is 409 Å². The number of hydrogen-bond acceptors (Lipinski definition) is 12. The summed E-state index contributed by atoms with van der Waals surface area (Å²) in [6.07, 6.45) is 7.76. The maximum atomic E-state index is 13.9. The molecule has 0 bridgehead atoms. The van der Waals surface area contributed by atoms with E-state index >= 15 is 0 Å². The van der Waals surface area contributed by atoms with Crippen molar-refractivity contribution in [3.63, 3.8) is 0 Å². The predicted octanol–water partition coefficient (Wildman–Crippen LogP) is 6.86. The Morgan fingerprint density at radius 2 is 1.71 bits per heavy atom. The van der Waals surface area contributed by atoms with E-state index in [9.17, 15) is 18.5 Å². The van der Waals surface area contributed by atoms with Gasteiger partial charge in [0.1, 0.15) is 6.33 Å². The summed E-state index contributed by atoms with van der Waals surface area (Å²) in [6, 6.07) is 28.0. The van der Waals surface area contributed by atoms with Crippen LogP contribution in [0.15, 0.2) is 113 Å². The summed E-state index contributed by atoms with van der Waals surface area (Å²) in [5.74, 6) is 0.775. The van der Waals surface area contributed by atoms with Crippen molar-refractivity contribution in [2.45, 2.75) is 74.3 Å². The number of halogens is 2. The summed E-state index contributed by atoms with van der Waals surface area (Å²) in [5.41, 5.74) is 6.06. The monoisotopic (exact) mass is 1070 g/mol. The van der Waals surface area contributed by atoms with E-state index in [1.54, 1.807) is 11.8 Å². The summed E-state index contributed by atoms with van der Waals surface area (Å²) < 4.78 is 36.4. The first-order chi connectivity index (χ1) is 31.8. The van der Waals surface area contributed by atoms with E-state index in [-0.39, 0.29) is 55.2 Å². The van der Waals surface area contributed by atoms with E-state index in [0.717, 1.165) is 113 Å². The van der Waals surface area contributed by atoms with Crippen LogP contribution in [0.1, 0.15) is 57.9 Å². The Hall–Kier alpha value is -4.04. The molecule has 13 nitrogen and oxygen atoms in total. The third-order valence-electron chi connectivity index (χ3n) is 12.9. The summed E-state index contributed by atoms with van der Waals surface area (Å²) in [6.45, 7) is 11.9. The van der Waals surface area contributed by atoms with Crippen molar-refractivity contribution in [3.8, 4) is 0 Å². The number of sulfonamides is 1. The van der Waals surface area contributed by atoms with Crippen LogP contribution >= 0.6 is 23.4 Å². The minimum atomic E-state index is -4.28. The second kappa shape index (κ2) is 21.9. The second-order valence-corrected chi connectivity index (χ2v) is 22.8. The van der Waals surface area contributed by atoms with Crippen LogP contribution in [0.4, 0.5) is 22.9 Å². The number of nitrogens with one attached hydrogen (secondary N) is 2. The molecule has 1 aliphatic carbocycles. The molecule has 4 aromatic carbocycles. The van der Waals surface area contributed by atoms with Crippen LogP contribution in [0.2, 0.25) is 5.02 Å². The molecule has 2 aliphatic heterocycles. The molecule has 0 radical (unpaired) electrons. The predicted molar refractivity (Wildman–Crippen MR) is 264 cm³/mol. The molecule has 1 aromatic heterocycles. The van der Waals surface area contributed by atoms with Crippen molar-refractivity contribution >= 4 is 72.7 Å². The molecule has 3 aliphatic rings. The van der Waals surface area contributed by atoms with Crippen LogP contribution in [0.3, 0.4) is 0 Å². The topological polar surface area (TPSA) is 146 Å². The number of piperazine rings is 1. The van der Waals surface area contributed by atoms with Crippen LogP contribution in [0.25, 0.3) is 16.5 Å². The third kappa shape index (κ3) is 12.5. The molecule has 3 heterocycles. The number of anilines is 3. The number of piperidine rings is 1. The van der Waals surface area contributed by atoms with E-state index in [4.69, 9.17) is 14.7 Å². The quantitative estimate of drug-likeness (QED) is 0.0311. The molecule has 1 atom stereocenters. The molecule has 5 aromatic rings. The number of likely N-dealkylation sites (tertiary alicyclic amines) is 1. The minimum absolute atomic E-state index is 0.103. The Morgan fingerprint density at radius 1 is 0.955 bits per heavy atom. The van der Waals surface area contributed by atoms with Gasteiger partial charge >= 0.3 is 160 Å². The number of thioether (sulfide) groups is 1. The first-order valence-corrected chi connectivity index (χ1v) is 28.5. The van der Waals surface area contributed by atoms with Crippen LogP contribution in [-0.2, 0) is 13.1 Å². The SMILES string of the molecule is C[I-]OC1CCN(CC[C@H](CSc2ccccc2)Nc2ccc(S(=O)(=O)Nc3ncnc4cc(N5CCN(CC6=C(c7ccc(Cl)cc7)CCC(C)(C)C6)CC5)ccc34)cc2[N+](=O)[O-])CC1. The number of aromatic nitrogens is 2. The number of benzene rings is 4. The molecule has 66 heavy (non-hydrogen) atoms. The zero-order chi connectivity index (χ0) is 46.3. The molecule has 17 heteroatoms. The normalized spacial score (nSPS) is 18.2. The Bertz CT molecular complexity index is 2610. The van der Waals surface area contributed by atoms with Gasteiger partial charge in [-0.3, -0.25) is 19.7 Å². The van der Waals surface area contributed by atoms with E-state index in [1.807, 2.05) is 48.5 Å². The molecule has 0 amide bonds. The van der Waals surface area contributed by atoms with Gasteiger partial charge in [0.2, 0.25) is 0 Å². The molecular formula is C49H59ClIN8O5S2-. The van der Waals surface area contributed by atoms with E-state index in [2.05, 4.69) is 77.7 Å². The van der Waals surface area contributed by atoms with Gasteiger partial charge in [0.25, 0.3) is 10.0 Å². The van der Waals surface area contributed by atoms with Crippen molar-refractivity contribution in [1.29, 1.82) is 0 Å². The number of fused-ring (bicyclic) bond motifs is 1. The molecule has 0 saturated carbocycles. The Kier molecular flexibility index (Phi) is 16.1. The van der Waals surface area contributed by atoms with Gasteiger partial charge in [0, 0.05) is 48.8 Å². The van der Waals surface area contributed by atoms with Gasteiger partial charge in [0.05, 0.1) is 10.4 Å². The van der Waals surface area contributed by atoms with Gasteiger partial charge < -0.3 is 4.90 Å². The first kappa shape index (κ1) is 48.4. The van der Waals surface area contributed by atoms with Crippen molar-refractivity contribution in [3.05, 3.63) is 124 Å². The number of nitrogens with zero attached hydrogens (tertiary/aromatic N) is 6. The Balaban J connectivity index is 0.928. The zero-order valence-electron chi connectivity index (χ0n) is 37.8. The average molecular weight is 1070 g/mol. The molecule has 2 N–H and O–H groups in total. The summed E-state index contributed by atoms with van der Waals surface area (Å²) in [4.78, 5) is 31.2. The number of rotatable bonds is 18. The molecule has 2 fully saturated rings. The van der Waals surface area contributed by atoms with Crippen molar-refractivity contribution in [2.75, 3.05) is 78.0 Å². The third-order valence-corrected chi connectivity index (χ3v) is 16.9. The van der Waals surface area contributed by atoms with E-state index < -0.39 is 14.9 Å². The number of alkyl halides is 1. The van der Waals surface area contributed by atoms with Crippen molar-refractivity contribution in [2.24, 2.45) is 5.41 Å². The molecular weight excluding hydrogens is 1010 g/mol. The number of nitro benzene ring substituents is 1. The van der Waals surface area contributed by atoms with Crippen LogP contribution in [0, 0.1) is 15.5 Å². The van der Waals surface area contributed by atoms with Crippen molar-refractivity contribution < 1.29 is 38.0 Å². The first-order valence-electron chi connectivity index (χ1n) is 22.6. The number of allylic oxidation sites excluding steroid dienone is 1. The zero-order valence-corrected chi connectivity index (χ0v) is 42.3. The molecule has 352 valence electrons. The van der Waals surface area contributed by atoms with Gasteiger partial charge in [-0.1, -0.05) is 61.4 Å². The van der Waals surface area contributed by atoms with Crippen LogP contribution < -0.4 is 36.6 Å². The van der Waals surface area contributed by atoms with Crippen LogP contribution in [0.5, 0.6) is 0 Å².